The quantitative estimate of drug-likeness (QED) is 0.805. The van der Waals surface area contributed by atoms with Gasteiger partial charge in [0.25, 0.3) is 0 Å². The Kier molecular flexibility index (Phi) is 5.78. The zero-order chi connectivity index (χ0) is 19.3. The number of aromatic nitrogens is 2. The molecule has 2 fully saturated rings. The second kappa shape index (κ2) is 8.63. The number of nitrogens with zero attached hydrogens (tertiary/aromatic N) is 4. The molecule has 0 N–H and O–H groups in total. The van der Waals surface area contributed by atoms with Crippen LogP contribution in [0.25, 0.3) is 11.4 Å². The maximum atomic E-state index is 12.8. The van der Waals surface area contributed by atoms with Crippen LogP contribution in [-0.2, 0) is 4.79 Å². The van der Waals surface area contributed by atoms with Gasteiger partial charge in [-0.3, -0.25) is 4.79 Å². The molecule has 0 aliphatic carbocycles. The minimum absolute atomic E-state index is 0.123. The standard InChI is InChI=1S/C21H28N4O3/c1-27-18-8-6-16(7-9-18)19-22-21(28-23-19)25-14-10-17(11-15-25)20(26)24-12-4-2-3-5-13-24/h6-9,17H,2-5,10-15H2,1H3. The Balaban J connectivity index is 1.34. The number of anilines is 1. The number of carbonyl (C=O) groups excluding carboxylic acids is 1. The number of rotatable bonds is 4. The summed E-state index contributed by atoms with van der Waals surface area (Å²) in [6, 6.07) is 8.13. The molecule has 0 saturated carbocycles. The van der Waals surface area contributed by atoms with Gasteiger partial charge in [0.05, 0.1) is 7.11 Å². The van der Waals surface area contributed by atoms with Crippen LogP contribution in [-0.4, -0.2) is 54.2 Å². The normalized spacial score (nSPS) is 18.8. The van der Waals surface area contributed by atoms with E-state index in [9.17, 15) is 4.79 Å². The van der Waals surface area contributed by atoms with Crippen LogP contribution < -0.4 is 9.64 Å². The van der Waals surface area contributed by atoms with Crippen LogP contribution in [0.4, 0.5) is 6.01 Å². The number of carbonyl (C=O) groups is 1. The molecule has 2 aromatic rings. The molecule has 1 amide bonds. The molecule has 150 valence electrons. The Labute approximate surface area is 165 Å². The number of hydrogen-bond acceptors (Lipinski definition) is 6. The summed E-state index contributed by atoms with van der Waals surface area (Å²) < 4.78 is 10.7. The lowest BCUT2D eigenvalue weighted by atomic mass is 9.95. The average molecular weight is 384 g/mol. The first kappa shape index (κ1) is 18.8. The third-order valence-electron chi connectivity index (χ3n) is 5.80. The summed E-state index contributed by atoms with van der Waals surface area (Å²) in [6.07, 6.45) is 6.46. The lowest BCUT2D eigenvalue weighted by Crippen LogP contribution is -2.43. The smallest absolute Gasteiger partial charge is 0.324 e. The van der Waals surface area contributed by atoms with Gasteiger partial charge in [-0.05, 0) is 49.9 Å². The fourth-order valence-corrected chi connectivity index (χ4v) is 4.07. The van der Waals surface area contributed by atoms with Gasteiger partial charge in [-0.1, -0.05) is 18.0 Å². The number of ether oxygens (including phenoxy) is 1. The van der Waals surface area contributed by atoms with Crippen LogP contribution in [0.2, 0.25) is 0 Å². The van der Waals surface area contributed by atoms with E-state index in [-0.39, 0.29) is 5.92 Å². The van der Waals surface area contributed by atoms with Gasteiger partial charge in [0, 0.05) is 37.7 Å². The molecule has 7 heteroatoms. The van der Waals surface area contributed by atoms with E-state index < -0.39 is 0 Å². The lowest BCUT2D eigenvalue weighted by molar-refractivity contribution is -0.136. The third-order valence-corrected chi connectivity index (χ3v) is 5.80. The molecular weight excluding hydrogens is 356 g/mol. The molecule has 0 bridgehead atoms. The zero-order valence-corrected chi connectivity index (χ0v) is 16.5. The van der Waals surface area contributed by atoms with Gasteiger partial charge in [-0.25, -0.2) is 0 Å². The van der Waals surface area contributed by atoms with E-state index in [1.165, 1.54) is 12.8 Å². The molecule has 1 aromatic carbocycles. The van der Waals surface area contributed by atoms with Crippen molar-refractivity contribution >= 4 is 11.9 Å². The zero-order valence-electron chi connectivity index (χ0n) is 16.5. The number of likely N-dealkylation sites (tertiary alicyclic amines) is 1. The second-order valence-corrected chi connectivity index (χ2v) is 7.63. The van der Waals surface area contributed by atoms with Crippen LogP contribution in [0.1, 0.15) is 38.5 Å². The van der Waals surface area contributed by atoms with Crippen LogP contribution in [0.15, 0.2) is 28.8 Å². The van der Waals surface area contributed by atoms with Crippen LogP contribution in [0.3, 0.4) is 0 Å². The maximum absolute atomic E-state index is 12.8. The molecule has 0 atom stereocenters. The van der Waals surface area contributed by atoms with E-state index in [1.54, 1.807) is 7.11 Å². The number of hydrogen-bond donors (Lipinski definition) is 0. The molecule has 28 heavy (non-hydrogen) atoms. The summed E-state index contributed by atoms with van der Waals surface area (Å²) in [5, 5.41) is 4.11. The van der Waals surface area contributed by atoms with E-state index in [4.69, 9.17) is 9.26 Å². The molecule has 0 spiro atoms. The Morgan fingerprint density at radius 2 is 1.71 bits per heavy atom. The average Bonchev–Trinajstić information content (AvgIpc) is 3.09. The fourth-order valence-electron chi connectivity index (χ4n) is 4.07. The molecule has 2 aliphatic rings. The van der Waals surface area contributed by atoms with Crippen molar-refractivity contribution in [1.29, 1.82) is 0 Å². The van der Waals surface area contributed by atoms with Crippen molar-refractivity contribution in [3.63, 3.8) is 0 Å². The van der Waals surface area contributed by atoms with Crippen LogP contribution in [0, 0.1) is 5.92 Å². The highest BCUT2D eigenvalue weighted by Gasteiger charge is 2.30. The minimum atomic E-state index is 0.123. The first-order valence-electron chi connectivity index (χ1n) is 10.3. The molecule has 0 radical (unpaired) electrons. The number of piperidine rings is 1. The van der Waals surface area contributed by atoms with Gasteiger partial charge in [-0.15, -0.1) is 0 Å². The fraction of sp³-hybridized carbons (Fsp3) is 0.571. The molecule has 4 rings (SSSR count). The number of methoxy groups -OCH3 is 1. The highest BCUT2D eigenvalue weighted by Crippen LogP contribution is 2.27. The predicted molar refractivity (Wildman–Crippen MR) is 106 cm³/mol. The Hall–Kier alpha value is -2.57. The van der Waals surface area contributed by atoms with Crippen molar-refractivity contribution in [2.24, 2.45) is 5.92 Å². The van der Waals surface area contributed by atoms with E-state index in [2.05, 4.69) is 19.9 Å². The van der Waals surface area contributed by atoms with E-state index >= 15 is 0 Å². The van der Waals surface area contributed by atoms with Crippen molar-refractivity contribution in [3.05, 3.63) is 24.3 Å². The van der Waals surface area contributed by atoms with Gasteiger partial charge in [-0.2, -0.15) is 4.98 Å². The molecule has 2 aliphatic heterocycles. The Morgan fingerprint density at radius 1 is 1.04 bits per heavy atom. The van der Waals surface area contributed by atoms with Crippen molar-refractivity contribution < 1.29 is 14.1 Å². The Bertz CT molecular complexity index is 773. The summed E-state index contributed by atoms with van der Waals surface area (Å²) in [7, 11) is 1.64. The molecule has 1 aromatic heterocycles. The summed E-state index contributed by atoms with van der Waals surface area (Å²) in [4.78, 5) is 21.6. The maximum Gasteiger partial charge on any atom is 0.324 e. The summed E-state index contributed by atoms with van der Waals surface area (Å²) in [5.41, 5.74) is 0.891. The summed E-state index contributed by atoms with van der Waals surface area (Å²) >= 11 is 0. The van der Waals surface area contributed by atoms with Crippen molar-refractivity contribution in [2.45, 2.75) is 38.5 Å². The Morgan fingerprint density at radius 3 is 2.36 bits per heavy atom. The first-order valence-corrected chi connectivity index (χ1v) is 10.3. The topological polar surface area (TPSA) is 71.7 Å². The second-order valence-electron chi connectivity index (χ2n) is 7.63. The molecule has 7 nitrogen and oxygen atoms in total. The monoisotopic (exact) mass is 384 g/mol. The van der Waals surface area contributed by atoms with Crippen molar-refractivity contribution in [2.75, 3.05) is 38.2 Å². The van der Waals surface area contributed by atoms with E-state index in [0.717, 1.165) is 63.2 Å². The molecular formula is C21H28N4O3. The first-order chi connectivity index (χ1) is 13.7. The van der Waals surface area contributed by atoms with Gasteiger partial charge in [0.1, 0.15) is 5.75 Å². The van der Waals surface area contributed by atoms with Crippen LogP contribution in [0.5, 0.6) is 5.75 Å². The van der Waals surface area contributed by atoms with Gasteiger partial charge in [0.15, 0.2) is 0 Å². The molecule has 3 heterocycles. The van der Waals surface area contributed by atoms with E-state index in [0.29, 0.717) is 17.7 Å². The minimum Gasteiger partial charge on any atom is -0.497 e. The lowest BCUT2D eigenvalue weighted by Gasteiger charge is -2.33. The SMILES string of the molecule is COc1ccc(-c2noc(N3CCC(C(=O)N4CCCCCC4)CC3)n2)cc1. The predicted octanol–water partition coefficient (Wildman–Crippen LogP) is 3.36. The van der Waals surface area contributed by atoms with Gasteiger partial charge < -0.3 is 19.1 Å². The van der Waals surface area contributed by atoms with Crippen molar-refractivity contribution in [1.82, 2.24) is 15.0 Å². The summed E-state index contributed by atoms with van der Waals surface area (Å²) in [5.74, 6) is 1.83. The van der Waals surface area contributed by atoms with Crippen LogP contribution >= 0.6 is 0 Å². The van der Waals surface area contributed by atoms with Crippen molar-refractivity contribution in [3.8, 4) is 17.1 Å². The van der Waals surface area contributed by atoms with Gasteiger partial charge in [0.2, 0.25) is 11.7 Å². The number of amides is 1. The number of benzene rings is 1. The molecule has 0 unspecified atom stereocenters. The van der Waals surface area contributed by atoms with E-state index in [1.807, 2.05) is 24.3 Å². The molecule has 2 saturated heterocycles. The largest absolute Gasteiger partial charge is 0.497 e. The van der Waals surface area contributed by atoms with Gasteiger partial charge >= 0.3 is 6.01 Å². The highest BCUT2D eigenvalue weighted by atomic mass is 16.5. The highest BCUT2D eigenvalue weighted by molar-refractivity contribution is 5.79. The third kappa shape index (κ3) is 4.13. The summed E-state index contributed by atoms with van der Waals surface area (Å²) in [6.45, 7) is 3.39.